The summed E-state index contributed by atoms with van der Waals surface area (Å²) >= 11 is 3.02. The predicted molar refractivity (Wildman–Crippen MR) is 82.8 cm³/mol. The van der Waals surface area contributed by atoms with Crippen LogP contribution in [-0.2, 0) is 0 Å². The van der Waals surface area contributed by atoms with Gasteiger partial charge < -0.3 is 15.7 Å². The predicted octanol–water partition coefficient (Wildman–Crippen LogP) is 2.61. The van der Waals surface area contributed by atoms with Crippen LogP contribution in [0.15, 0.2) is 22.7 Å². The Morgan fingerprint density at radius 1 is 1.27 bits per heavy atom. The molecule has 0 unspecified atom stereocenters. The number of nitrogens with two attached hydrogens (primary N) is 1. The SMILES string of the molecule is NC(=O)N1CCCCC1.O=C(O)c1ccc(Br)cc1[N+](=O)[O-]. The van der Waals surface area contributed by atoms with Crippen molar-refractivity contribution in [3.63, 3.8) is 0 Å². The Kier molecular flexibility index (Phi) is 6.77. The van der Waals surface area contributed by atoms with Crippen molar-refractivity contribution in [3.8, 4) is 0 Å². The number of piperidine rings is 1. The number of carboxylic acids is 1. The van der Waals surface area contributed by atoms with Gasteiger partial charge >= 0.3 is 12.0 Å². The van der Waals surface area contributed by atoms with E-state index in [-0.39, 0.29) is 11.6 Å². The number of halogens is 1. The Hall–Kier alpha value is -2.16. The van der Waals surface area contributed by atoms with E-state index in [1.807, 2.05) is 0 Å². The molecule has 1 heterocycles. The molecular weight excluding hydrogens is 358 g/mol. The summed E-state index contributed by atoms with van der Waals surface area (Å²) in [6.45, 7) is 1.71. The molecule has 3 N–H and O–H groups in total. The average Bonchev–Trinajstić information content (AvgIpc) is 2.48. The molecule has 0 radical (unpaired) electrons. The van der Waals surface area contributed by atoms with Gasteiger partial charge in [-0.3, -0.25) is 10.1 Å². The van der Waals surface area contributed by atoms with Crippen LogP contribution >= 0.6 is 15.9 Å². The molecule has 1 aromatic rings. The number of primary amides is 1. The van der Waals surface area contributed by atoms with Gasteiger partial charge in [0.15, 0.2) is 0 Å². The number of nitrogens with zero attached hydrogens (tertiary/aromatic N) is 2. The molecule has 9 heteroatoms. The topological polar surface area (TPSA) is 127 Å². The number of likely N-dealkylation sites (tertiary alicyclic amines) is 1. The molecule has 0 aromatic heterocycles. The fourth-order valence-corrected chi connectivity index (χ4v) is 2.30. The van der Waals surface area contributed by atoms with Crippen LogP contribution in [0, 0.1) is 10.1 Å². The number of benzene rings is 1. The standard InChI is InChI=1S/C7H4BrNO4.C6H12N2O/c8-4-1-2-5(7(10)11)6(3-4)9(12)13;7-6(9)8-4-2-1-3-5-8/h1-3H,(H,10,11);1-5H2,(H2,7,9). The third kappa shape index (κ3) is 5.32. The summed E-state index contributed by atoms with van der Waals surface area (Å²) in [6, 6.07) is 3.51. The molecule has 1 fully saturated rings. The van der Waals surface area contributed by atoms with E-state index in [1.165, 1.54) is 18.6 Å². The highest BCUT2D eigenvalue weighted by Gasteiger charge is 2.19. The Morgan fingerprint density at radius 2 is 1.86 bits per heavy atom. The smallest absolute Gasteiger partial charge is 0.342 e. The highest BCUT2D eigenvalue weighted by molar-refractivity contribution is 9.10. The number of carbonyl (C=O) groups excluding carboxylic acids is 1. The number of rotatable bonds is 2. The first-order chi connectivity index (χ1) is 10.3. The lowest BCUT2D eigenvalue weighted by atomic mass is 10.1. The van der Waals surface area contributed by atoms with Gasteiger partial charge in [0, 0.05) is 23.6 Å². The summed E-state index contributed by atoms with van der Waals surface area (Å²) in [5.74, 6) is -1.31. The molecule has 8 nitrogen and oxygen atoms in total. The molecule has 0 bridgehead atoms. The number of hydrogen-bond acceptors (Lipinski definition) is 4. The zero-order valence-corrected chi connectivity index (χ0v) is 13.3. The van der Waals surface area contributed by atoms with Gasteiger partial charge in [0.2, 0.25) is 0 Å². The van der Waals surface area contributed by atoms with Crippen molar-refractivity contribution < 1.29 is 19.6 Å². The maximum absolute atomic E-state index is 10.5. The highest BCUT2D eigenvalue weighted by atomic mass is 79.9. The van der Waals surface area contributed by atoms with Gasteiger partial charge in [-0.25, -0.2) is 9.59 Å². The molecule has 1 aliphatic rings. The molecule has 0 atom stereocenters. The lowest BCUT2D eigenvalue weighted by molar-refractivity contribution is -0.385. The van der Waals surface area contributed by atoms with Crippen molar-refractivity contribution in [2.45, 2.75) is 19.3 Å². The molecule has 1 saturated heterocycles. The number of urea groups is 1. The van der Waals surface area contributed by atoms with E-state index in [0.717, 1.165) is 32.0 Å². The second-order valence-corrected chi connectivity index (χ2v) is 5.53. The summed E-state index contributed by atoms with van der Waals surface area (Å²) in [7, 11) is 0. The van der Waals surface area contributed by atoms with Gasteiger partial charge in [-0.1, -0.05) is 15.9 Å². The second kappa shape index (κ2) is 8.32. The summed E-state index contributed by atoms with van der Waals surface area (Å²) in [5, 5.41) is 19.0. The molecule has 0 spiro atoms. The van der Waals surface area contributed by atoms with E-state index in [4.69, 9.17) is 10.8 Å². The van der Waals surface area contributed by atoms with Crippen LogP contribution in [0.25, 0.3) is 0 Å². The molecule has 2 amide bonds. The van der Waals surface area contributed by atoms with Gasteiger partial charge in [-0.2, -0.15) is 0 Å². The third-order valence-corrected chi connectivity index (χ3v) is 3.55. The van der Waals surface area contributed by atoms with Gasteiger partial charge in [0.25, 0.3) is 5.69 Å². The van der Waals surface area contributed by atoms with E-state index < -0.39 is 16.6 Å². The number of carbonyl (C=O) groups is 2. The summed E-state index contributed by atoms with van der Waals surface area (Å²) in [5.41, 5.74) is 4.33. The number of carboxylic acid groups (broad SMARTS) is 1. The largest absolute Gasteiger partial charge is 0.477 e. The maximum Gasteiger partial charge on any atom is 0.342 e. The quantitative estimate of drug-likeness (QED) is 0.608. The zero-order valence-electron chi connectivity index (χ0n) is 11.7. The number of hydrogen-bond donors (Lipinski definition) is 2. The molecule has 1 aromatic carbocycles. The zero-order chi connectivity index (χ0) is 16.7. The monoisotopic (exact) mass is 373 g/mol. The molecule has 22 heavy (non-hydrogen) atoms. The van der Waals surface area contributed by atoms with Crippen LogP contribution in [0.4, 0.5) is 10.5 Å². The number of amides is 2. The summed E-state index contributed by atoms with van der Waals surface area (Å²) in [6.07, 6.45) is 3.47. The third-order valence-electron chi connectivity index (χ3n) is 3.05. The minimum Gasteiger partial charge on any atom is -0.477 e. The maximum atomic E-state index is 10.5. The lowest BCUT2D eigenvalue weighted by Crippen LogP contribution is -2.39. The van der Waals surface area contributed by atoms with Gasteiger partial charge in [-0.05, 0) is 31.4 Å². The van der Waals surface area contributed by atoms with Crippen molar-refractivity contribution in [3.05, 3.63) is 38.3 Å². The van der Waals surface area contributed by atoms with E-state index in [9.17, 15) is 19.7 Å². The van der Waals surface area contributed by atoms with Gasteiger partial charge in [0.05, 0.1) is 4.92 Å². The molecular formula is C13H16BrN3O5. The highest BCUT2D eigenvalue weighted by Crippen LogP contribution is 2.23. The first-order valence-electron chi connectivity index (χ1n) is 6.54. The first kappa shape index (κ1) is 17.9. The summed E-state index contributed by atoms with van der Waals surface area (Å²) < 4.78 is 0.476. The van der Waals surface area contributed by atoms with Crippen molar-refractivity contribution in [2.75, 3.05) is 13.1 Å². The Labute approximate surface area is 135 Å². The van der Waals surface area contributed by atoms with E-state index in [0.29, 0.717) is 4.47 Å². The van der Waals surface area contributed by atoms with Crippen LogP contribution in [0.5, 0.6) is 0 Å². The van der Waals surface area contributed by atoms with Crippen LogP contribution in [0.3, 0.4) is 0 Å². The number of nitro groups is 1. The van der Waals surface area contributed by atoms with Crippen molar-refractivity contribution in [2.24, 2.45) is 5.73 Å². The van der Waals surface area contributed by atoms with Crippen molar-refractivity contribution in [1.29, 1.82) is 0 Å². The van der Waals surface area contributed by atoms with Crippen LogP contribution < -0.4 is 5.73 Å². The first-order valence-corrected chi connectivity index (χ1v) is 7.34. The second-order valence-electron chi connectivity index (χ2n) is 4.61. The van der Waals surface area contributed by atoms with Crippen molar-refractivity contribution >= 4 is 33.6 Å². The normalized spacial score (nSPS) is 13.8. The minimum atomic E-state index is -1.31. The van der Waals surface area contributed by atoms with Gasteiger partial charge in [0.1, 0.15) is 5.56 Å². The fourth-order valence-electron chi connectivity index (χ4n) is 1.95. The van der Waals surface area contributed by atoms with E-state index >= 15 is 0 Å². The van der Waals surface area contributed by atoms with Gasteiger partial charge in [-0.15, -0.1) is 0 Å². The van der Waals surface area contributed by atoms with Crippen LogP contribution in [-0.4, -0.2) is 40.0 Å². The Bertz CT molecular complexity index is 573. The lowest BCUT2D eigenvalue weighted by Gasteiger charge is -2.24. The number of aromatic carboxylic acids is 1. The van der Waals surface area contributed by atoms with Crippen molar-refractivity contribution in [1.82, 2.24) is 4.90 Å². The fraction of sp³-hybridized carbons (Fsp3) is 0.385. The molecule has 2 rings (SSSR count). The van der Waals surface area contributed by atoms with Crippen LogP contribution in [0.2, 0.25) is 0 Å². The molecule has 120 valence electrons. The van der Waals surface area contributed by atoms with E-state index in [2.05, 4.69) is 15.9 Å². The van der Waals surface area contributed by atoms with E-state index in [1.54, 1.807) is 4.90 Å². The molecule has 0 aliphatic carbocycles. The molecule has 1 aliphatic heterocycles. The Balaban J connectivity index is 0.000000235. The minimum absolute atomic E-state index is 0.269. The van der Waals surface area contributed by atoms with Crippen LogP contribution in [0.1, 0.15) is 29.6 Å². The Morgan fingerprint density at radius 3 is 2.27 bits per heavy atom. The average molecular weight is 374 g/mol. The molecule has 0 saturated carbocycles. The summed E-state index contributed by atoms with van der Waals surface area (Å²) in [4.78, 5) is 32.4. The number of nitro benzene ring substituents is 1.